The van der Waals surface area contributed by atoms with Crippen LogP contribution >= 0.6 is 0 Å². The van der Waals surface area contributed by atoms with Gasteiger partial charge in [-0.2, -0.15) is 0 Å². The van der Waals surface area contributed by atoms with E-state index in [2.05, 4.69) is 5.32 Å². The Morgan fingerprint density at radius 1 is 1.35 bits per heavy atom. The first kappa shape index (κ1) is 14.5. The van der Waals surface area contributed by atoms with Crippen molar-refractivity contribution in [1.82, 2.24) is 5.32 Å². The maximum Gasteiger partial charge on any atom is 0.251 e. The molecule has 4 heteroatoms. The number of hydrogen-bond acceptors (Lipinski definition) is 3. The molecule has 0 bridgehead atoms. The van der Waals surface area contributed by atoms with Gasteiger partial charge in [-0.15, -0.1) is 0 Å². The van der Waals surface area contributed by atoms with Crippen LogP contribution in [-0.2, 0) is 9.53 Å². The number of nitrogens with one attached hydrogen (secondary N) is 1. The summed E-state index contributed by atoms with van der Waals surface area (Å²) in [5, 5.41) is 12.4. The molecule has 1 aliphatic carbocycles. The van der Waals surface area contributed by atoms with E-state index in [1.165, 1.54) is 13.5 Å². The second-order valence-electron chi connectivity index (χ2n) is 5.62. The zero-order chi connectivity index (χ0) is 12.9. The maximum absolute atomic E-state index is 11.9. The van der Waals surface area contributed by atoms with Crippen LogP contribution in [0.5, 0.6) is 0 Å². The van der Waals surface area contributed by atoms with E-state index in [9.17, 15) is 9.90 Å². The van der Waals surface area contributed by atoms with Crippen molar-refractivity contribution >= 4 is 5.91 Å². The number of carbonyl (C=O) groups is 1. The minimum absolute atomic E-state index is 0.113. The Hall–Kier alpha value is -0.610. The lowest BCUT2D eigenvalue weighted by Crippen LogP contribution is -2.49. The Morgan fingerprint density at radius 3 is 2.41 bits per heavy atom. The lowest BCUT2D eigenvalue weighted by atomic mass is 9.74. The number of methoxy groups -OCH3 is 1. The van der Waals surface area contributed by atoms with E-state index in [1.54, 1.807) is 13.8 Å². The van der Waals surface area contributed by atoms with Crippen LogP contribution in [0.4, 0.5) is 0 Å². The van der Waals surface area contributed by atoms with Crippen LogP contribution in [0.1, 0.15) is 46.0 Å². The molecule has 4 nitrogen and oxygen atoms in total. The molecule has 1 aliphatic rings. The number of hydrogen-bond donors (Lipinski definition) is 2. The van der Waals surface area contributed by atoms with Crippen molar-refractivity contribution in [3.05, 3.63) is 0 Å². The molecule has 1 saturated carbocycles. The summed E-state index contributed by atoms with van der Waals surface area (Å²) in [5.41, 5.74) is -0.914. The molecule has 100 valence electrons. The van der Waals surface area contributed by atoms with Crippen LogP contribution in [0.15, 0.2) is 0 Å². The number of aliphatic hydroxyl groups is 1. The first-order valence-electron chi connectivity index (χ1n) is 6.40. The number of amides is 1. The zero-order valence-corrected chi connectivity index (χ0v) is 11.2. The highest BCUT2D eigenvalue weighted by molar-refractivity contribution is 5.84. The van der Waals surface area contributed by atoms with Gasteiger partial charge in [0.15, 0.2) is 0 Å². The molecule has 2 N–H and O–H groups in total. The molecule has 1 amide bonds. The molecule has 0 aromatic rings. The van der Waals surface area contributed by atoms with Gasteiger partial charge in [-0.05, 0) is 26.7 Å². The van der Waals surface area contributed by atoms with Crippen LogP contribution in [0.3, 0.4) is 0 Å². The summed E-state index contributed by atoms with van der Waals surface area (Å²) < 4.78 is 5.13. The van der Waals surface area contributed by atoms with Crippen LogP contribution in [-0.4, -0.2) is 36.9 Å². The van der Waals surface area contributed by atoms with Gasteiger partial charge < -0.3 is 15.2 Å². The molecule has 0 saturated heterocycles. The number of carbonyl (C=O) groups excluding carboxylic acids is 1. The molecule has 0 spiro atoms. The van der Waals surface area contributed by atoms with Crippen molar-refractivity contribution in [3.63, 3.8) is 0 Å². The van der Waals surface area contributed by atoms with Crippen molar-refractivity contribution in [2.24, 2.45) is 5.41 Å². The average molecular weight is 243 g/mol. The molecule has 0 aromatic heterocycles. The molecule has 0 aromatic carbocycles. The summed E-state index contributed by atoms with van der Waals surface area (Å²) in [7, 11) is 1.53. The third-order valence-corrected chi connectivity index (χ3v) is 3.93. The highest BCUT2D eigenvalue weighted by Gasteiger charge is 2.34. The molecule has 0 heterocycles. The molecule has 1 fully saturated rings. The summed E-state index contributed by atoms with van der Waals surface area (Å²) in [6.07, 6.45) is 5.52. The Labute approximate surface area is 104 Å². The summed E-state index contributed by atoms with van der Waals surface area (Å²) >= 11 is 0. The van der Waals surface area contributed by atoms with E-state index < -0.39 is 5.60 Å². The fraction of sp³-hybridized carbons (Fsp3) is 0.923. The van der Waals surface area contributed by atoms with E-state index in [4.69, 9.17) is 4.74 Å². The standard InChI is InChI=1S/C13H25NO3/c1-12(2,17-3)11(16)14-9-13(10-15)7-5-4-6-8-13/h15H,4-10H2,1-3H3,(H,14,16). The van der Waals surface area contributed by atoms with Gasteiger partial charge in [-0.3, -0.25) is 4.79 Å². The van der Waals surface area contributed by atoms with Crippen molar-refractivity contribution in [3.8, 4) is 0 Å². The van der Waals surface area contributed by atoms with Crippen LogP contribution in [0.2, 0.25) is 0 Å². The normalized spacial score (nSPS) is 20.0. The number of rotatable bonds is 5. The smallest absolute Gasteiger partial charge is 0.251 e. The lowest BCUT2D eigenvalue weighted by Gasteiger charge is -2.36. The molecule has 1 rings (SSSR count). The summed E-state index contributed by atoms with van der Waals surface area (Å²) in [5.74, 6) is -0.113. The minimum Gasteiger partial charge on any atom is -0.396 e. The highest BCUT2D eigenvalue weighted by atomic mass is 16.5. The van der Waals surface area contributed by atoms with Crippen LogP contribution in [0, 0.1) is 5.41 Å². The van der Waals surface area contributed by atoms with Gasteiger partial charge in [-0.25, -0.2) is 0 Å². The van der Waals surface area contributed by atoms with Gasteiger partial charge in [0.25, 0.3) is 5.91 Å². The average Bonchev–Trinajstić information content (AvgIpc) is 2.37. The first-order chi connectivity index (χ1) is 7.96. The van der Waals surface area contributed by atoms with Crippen molar-refractivity contribution in [1.29, 1.82) is 0 Å². The van der Waals surface area contributed by atoms with E-state index in [0.717, 1.165) is 25.7 Å². The SMILES string of the molecule is COC(C)(C)C(=O)NCC1(CO)CCCCC1. The van der Waals surface area contributed by atoms with Gasteiger partial charge in [-0.1, -0.05) is 19.3 Å². The summed E-state index contributed by atoms with van der Waals surface area (Å²) in [4.78, 5) is 11.9. The maximum atomic E-state index is 11.9. The quantitative estimate of drug-likeness (QED) is 0.768. The fourth-order valence-corrected chi connectivity index (χ4v) is 2.27. The second-order valence-corrected chi connectivity index (χ2v) is 5.62. The van der Waals surface area contributed by atoms with Gasteiger partial charge in [0.2, 0.25) is 0 Å². The van der Waals surface area contributed by atoms with Crippen molar-refractivity contribution < 1.29 is 14.6 Å². The molecular formula is C13H25NO3. The topological polar surface area (TPSA) is 58.6 Å². The van der Waals surface area contributed by atoms with Gasteiger partial charge in [0, 0.05) is 19.1 Å². The molecule has 0 radical (unpaired) electrons. The minimum atomic E-state index is -0.800. The molecule has 17 heavy (non-hydrogen) atoms. The van der Waals surface area contributed by atoms with Gasteiger partial charge >= 0.3 is 0 Å². The Kier molecular flexibility index (Phi) is 4.95. The predicted octanol–water partition coefficient (Wildman–Crippen LogP) is 1.47. The predicted molar refractivity (Wildman–Crippen MR) is 66.7 cm³/mol. The van der Waals surface area contributed by atoms with Crippen molar-refractivity contribution in [2.45, 2.75) is 51.6 Å². The molecular weight excluding hydrogens is 218 g/mol. The van der Waals surface area contributed by atoms with Crippen LogP contribution in [0.25, 0.3) is 0 Å². The Morgan fingerprint density at radius 2 is 1.94 bits per heavy atom. The second kappa shape index (κ2) is 5.83. The van der Waals surface area contributed by atoms with E-state index >= 15 is 0 Å². The molecule has 0 atom stereocenters. The Balaban J connectivity index is 2.50. The first-order valence-corrected chi connectivity index (χ1v) is 6.40. The van der Waals surface area contributed by atoms with Gasteiger partial charge in [0.05, 0.1) is 6.61 Å². The molecule has 0 aliphatic heterocycles. The monoisotopic (exact) mass is 243 g/mol. The summed E-state index contributed by atoms with van der Waals surface area (Å²) in [6.45, 7) is 4.19. The zero-order valence-electron chi connectivity index (χ0n) is 11.2. The Bertz CT molecular complexity index is 257. The van der Waals surface area contributed by atoms with Gasteiger partial charge in [0.1, 0.15) is 5.60 Å². The fourth-order valence-electron chi connectivity index (χ4n) is 2.27. The van der Waals surface area contributed by atoms with E-state index in [1.807, 2.05) is 0 Å². The molecule has 0 unspecified atom stereocenters. The van der Waals surface area contributed by atoms with Crippen molar-refractivity contribution in [2.75, 3.05) is 20.3 Å². The largest absolute Gasteiger partial charge is 0.396 e. The van der Waals surface area contributed by atoms with E-state index in [0.29, 0.717) is 6.54 Å². The third-order valence-electron chi connectivity index (χ3n) is 3.93. The number of ether oxygens (including phenoxy) is 1. The lowest BCUT2D eigenvalue weighted by molar-refractivity contribution is -0.140. The van der Waals surface area contributed by atoms with Crippen LogP contribution < -0.4 is 5.32 Å². The summed E-state index contributed by atoms with van der Waals surface area (Å²) in [6, 6.07) is 0. The highest BCUT2D eigenvalue weighted by Crippen LogP contribution is 2.35. The third kappa shape index (κ3) is 3.68. The van der Waals surface area contributed by atoms with E-state index in [-0.39, 0.29) is 17.9 Å². The number of aliphatic hydroxyl groups excluding tert-OH is 1.